The van der Waals surface area contributed by atoms with E-state index < -0.39 is 0 Å². The average molecular weight is 258 g/mol. The number of fused-ring (bicyclic) bond motifs is 1. The van der Waals surface area contributed by atoms with E-state index in [0.29, 0.717) is 0 Å². The number of thiazole rings is 1. The van der Waals surface area contributed by atoms with Gasteiger partial charge in [0.2, 0.25) is 0 Å². The van der Waals surface area contributed by atoms with Gasteiger partial charge < -0.3 is 9.88 Å². The molecule has 92 valence electrons. The fourth-order valence-electron chi connectivity index (χ4n) is 1.88. The van der Waals surface area contributed by atoms with Crippen LogP contribution < -0.4 is 5.32 Å². The molecular formula is C13H14N4S. The van der Waals surface area contributed by atoms with Crippen LogP contribution in [0.5, 0.6) is 0 Å². The summed E-state index contributed by atoms with van der Waals surface area (Å²) in [7, 11) is 0. The van der Waals surface area contributed by atoms with Crippen LogP contribution in [0.4, 0.5) is 5.69 Å². The standard InChI is InChI=1S/C13H14N4S/c1(6-17-7-5-14-9-17)4-15-11-2-3-12-13(8-11)18-10-16-12/h2-3,5,7-10,15H,1,4,6H2. The van der Waals surface area contributed by atoms with Crippen molar-refractivity contribution in [1.82, 2.24) is 14.5 Å². The van der Waals surface area contributed by atoms with Gasteiger partial charge >= 0.3 is 0 Å². The molecule has 0 aliphatic heterocycles. The Bertz CT molecular complexity index is 615. The Kier molecular flexibility index (Phi) is 3.23. The van der Waals surface area contributed by atoms with Crippen molar-refractivity contribution in [3.8, 4) is 0 Å². The van der Waals surface area contributed by atoms with Crippen LogP contribution in [-0.4, -0.2) is 21.1 Å². The van der Waals surface area contributed by atoms with Gasteiger partial charge in [0, 0.05) is 31.2 Å². The SMILES string of the molecule is c1cn(CCCNc2ccc3ncsc3c2)cn1. The smallest absolute Gasteiger partial charge is 0.0945 e. The first-order chi connectivity index (χ1) is 8.92. The Morgan fingerprint density at radius 2 is 2.33 bits per heavy atom. The molecule has 1 aromatic carbocycles. The summed E-state index contributed by atoms with van der Waals surface area (Å²) in [6, 6.07) is 6.30. The molecule has 0 spiro atoms. The van der Waals surface area contributed by atoms with Crippen molar-refractivity contribution in [1.29, 1.82) is 0 Å². The van der Waals surface area contributed by atoms with E-state index in [1.165, 1.54) is 4.70 Å². The molecule has 0 amide bonds. The predicted molar refractivity (Wildman–Crippen MR) is 75.0 cm³/mol. The minimum absolute atomic E-state index is 0.961. The highest BCUT2D eigenvalue weighted by Gasteiger charge is 1.98. The Morgan fingerprint density at radius 3 is 3.22 bits per heavy atom. The molecule has 2 aromatic heterocycles. The molecule has 0 radical (unpaired) electrons. The van der Waals surface area contributed by atoms with E-state index in [4.69, 9.17) is 0 Å². The number of aromatic nitrogens is 3. The van der Waals surface area contributed by atoms with Gasteiger partial charge in [-0.25, -0.2) is 9.97 Å². The van der Waals surface area contributed by atoms with E-state index in [2.05, 4.69) is 38.1 Å². The van der Waals surface area contributed by atoms with Crippen molar-refractivity contribution in [2.75, 3.05) is 11.9 Å². The number of imidazole rings is 1. The van der Waals surface area contributed by atoms with Crippen LogP contribution in [0.1, 0.15) is 6.42 Å². The Morgan fingerprint density at radius 1 is 1.33 bits per heavy atom. The summed E-state index contributed by atoms with van der Waals surface area (Å²) in [6.07, 6.45) is 6.73. The molecule has 3 rings (SSSR count). The molecule has 0 bridgehead atoms. The summed E-state index contributed by atoms with van der Waals surface area (Å²) in [5.41, 5.74) is 4.12. The van der Waals surface area contributed by atoms with E-state index in [1.54, 1.807) is 11.3 Å². The molecule has 1 N–H and O–H groups in total. The Balaban J connectivity index is 1.53. The summed E-state index contributed by atoms with van der Waals surface area (Å²) >= 11 is 1.68. The predicted octanol–water partition coefficient (Wildman–Crippen LogP) is 3.00. The average Bonchev–Trinajstić information content (AvgIpc) is 3.05. The Hall–Kier alpha value is -1.88. The second kappa shape index (κ2) is 5.18. The second-order valence-corrected chi connectivity index (χ2v) is 5.00. The minimum Gasteiger partial charge on any atom is -0.385 e. The molecule has 0 unspecified atom stereocenters. The normalized spacial score (nSPS) is 10.9. The molecule has 0 aliphatic rings. The third-order valence-corrected chi connectivity index (χ3v) is 3.60. The number of rotatable bonds is 5. The number of hydrogen-bond donors (Lipinski definition) is 1. The first-order valence-electron chi connectivity index (χ1n) is 5.95. The van der Waals surface area contributed by atoms with Crippen molar-refractivity contribution >= 4 is 27.2 Å². The summed E-state index contributed by atoms with van der Waals surface area (Å²) in [6.45, 7) is 1.96. The topological polar surface area (TPSA) is 42.7 Å². The number of anilines is 1. The quantitative estimate of drug-likeness (QED) is 0.715. The van der Waals surface area contributed by atoms with Gasteiger partial charge in [0.05, 0.1) is 22.1 Å². The van der Waals surface area contributed by atoms with Crippen molar-refractivity contribution in [3.05, 3.63) is 42.4 Å². The number of benzene rings is 1. The van der Waals surface area contributed by atoms with Crippen LogP contribution in [0, 0.1) is 0 Å². The van der Waals surface area contributed by atoms with E-state index in [1.807, 2.05) is 24.2 Å². The summed E-state index contributed by atoms with van der Waals surface area (Å²) < 4.78 is 3.32. The number of nitrogens with zero attached hydrogens (tertiary/aromatic N) is 3. The number of hydrogen-bond acceptors (Lipinski definition) is 4. The number of aryl methyl sites for hydroxylation is 1. The number of nitrogens with one attached hydrogen (secondary N) is 1. The van der Waals surface area contributed by atoms with Crippen molar-refractivity contribution in [2.24, 2.45) is 0 Å². The zero-order chi connectivity index (χ0) is 12.2. The molecule has 0 atom stereocenters. The Labute approximate surface area is 109 Å². The fraction of sp³-hybridized carbons (Fsp3) is 0.231. The molecule has 18 heavy (non-hydrogen) atoms. The molecule has 0 saturated heterocycles. The van der Waals surface area contributed by atoms with Crippen molar-refractivity contribution in [3.63, 3.8) is 0 Å². The lowest BCUT2D eigenvalue weighted by molar-refractivity contribution is 0.661. The van der Waals surface area contributed by atoms with E-state index >= 15 is 0 Å². The molecule has 0 fully saturated rings. The van der Waals surface area contributed by atoms with Gasteiger partial charge in [-0.15, -0.1) is 11.3 Å². The van der Waals surface area contributed by atoms with Crippen molar-refractivity contribution in [2.45, 2.75) is 13.0 Å². The first-order valence-corrected chi connectivity index (χ1v) is 6.83. The van der Waals surface area contributed by atoms with Crippen LogP contribution in [0.15, 0.2) is 42.4 Å². The maximum atomic E-state index is 4.27. The monoisotopic (exact) mass is 258 g/mol. The molecule has 0 saturated carbocycles. The van der Waals surface area contributed by atoms with Crippen LogP contribution in [0.3, 0.4) is 0 Å². The molecule has 2 heterocycles. The van der Waals surface area contributed by atoms with Crippen LogP contribution in [0.25, 0.3) is 10.2 Å². The zero-order valence-corrected chi connectivity index (χ0v) is 10.7. The van der Waals surface area contributed by atoms with Gasteiger partial charge in [-0.1, -0.05) is 0 Å². The minimum atomic E-state index is 0.961. The fourth-order valence-corrected chi connectivity index (χ4v) is 2.59. The third-order valence-electron chi connectivity index (χ3n) is 2.81. The van der Waals surface area contributed by atoms with Crippen LogP contribution >= 0.6 is 11.3 Å². The van der Waals surface area contributed by atoms with E-state index in [9.17, 15) is 0 Å². The highest BCUT2D eigenvalue weighted by Crippen LogP contribution is 2.21. The molecular weight excluding hydrogens is 244 g/mol. The lowest BCUT2D eigenvalue weighted by atomic mass is 10.3. The van der Waals surface area contributed by atoms with Gasteiger partial charge in [-0.3, -0.25) is 0 Å². The van der Waals surface area contributed by atoms with Gasteiger partial charge in [-0.05, 0) is 24.6 Å². The summed E-state index contributed by atoms with van der Waals surface area (Å²) in [4.78, 5) is 8.29. The van der Waals surface area contributed by atoms with Gasteiger partial charge in [0.25, 0.3) is 0 Å². The largest absolute Gasteiger partial charge is 0.385 e. The maximum Gasteiger partial charge on any atom is 0.0945 e. The highest BCUT2D eigenvalue weighted by atomic mass is 32.1. The first kappa shape index (κ1) is 11.2. The lowest BCUT2D eigenvalue weighted by Crippen LogP contribution is -2.05. The van der Waals surface area contributed by atoms with Gasteiger partial charge in [-0.2, -0.15) is 0 Å². The molecule has 4 nitrogen and oxygen atoms in total. The van der Waals surface area contributed by atoms with Crippen molar-refractivity contribution < 1.29 is 0 Å². The van der Waals surface area contributed by atoms with E-state index in [0.717, 1.165) is 30.7 Å². The second-order valence-electron chi connectivity index (χ2n) is 4.12. The van der Waals surface area contributed by atoms with Gasteiger partial charge in [0.15, 0.2) is 0 Å². The van der Waals surface area contributed by atoms with Gasteiger partial charge in [0.1, 0.15) is 0 Å². The zero-order valence-electron chi connectivity index (χ0n) is 9.91. The molecule has 0 aliphatic carbocycles. The lowest BCUT2D eigenvalue weighted by Gasteiger charge is -2.06. The highest BCUT2D eigenvalue weighted by molar-refractivity contribution is 7.16. The van der Waals surface area contributed by atoms with E-state index in [-0.39, 0.29) is 0 Å². The summed E-state index contributed by atoms with van der Waals surface area (Å²) in [5.74, 6) is 0. The van der Waals surface area contributed by atoms with Crippen LogP contribution in [-0.2, 0) is 6.54 Å². The third kappa shape index (κ3) is 2.51. The summed E-state index contributed by atoms with van der Waals surface area (Å²) in [5, 5.41) is 3.43. The maximum absolute atomic E-state index is 4.27. The molecule has 5 heteroatoms. The molecule has 3 aromatic rings. The van der Waals surface area contributed by atoms with Crippen LogP contribution in [0.2, 0.25) is 0 Å².